The maximum atomic E-state index is 13.2. The molecule has 2 heterocycles. The fraction of sp³-hybridized carbons (Fsp3) is 0.333. The molecule has 9 heteroatoms. The number of hydrogen-bond donors (Lipinski definition) is 1. The highest BCUT2D eigenvalue weighted by Crippen LogP contribution is 2.28. The Morgan fingerprint density at radius 2 is 2.10 bits per heavy atom. The summed E-state index contributed by atoms with van der Waals surface area (Å²) < 4.78 is 11.1. The second-order valence-electron chi connectivity index (χ2n) is 6.60. The summed E-state index contributed by atoms with van der Waals surface area (Å²) in [7, 11) is 1.48. The molecular formula is C21H22N2O6S. The summed E-state index contributed by atoms with van der Waals surface area (Å²) in [6, 6.07) is 8.07. The van der Waals surface area contributed by atoms with Crippen molar-refractivity contribution in [2.75, 3.05) is 31.8 Å². The van der Waals surface area contributed by atoms with Crippen molar-refractivity contribution in [1.29, 1.82) is 0 Å². The fourth-order valence-electron chi connectivity index (χ4n) is 3.26. The Bertz CT molecular complexity index is 935. The number of carboxylic acid groups (broad SMARTS) is 1. The zero-order valence-corrected chi connectivity index (χ0v) is 17.3. The van der Waals surface area contributed by atoms with E-state index in [4.69, 9.17) is 14.6 Å². The number of ether oxygens (including phenoxy) is 2. The van der Waals surface area contributed by atoms with Gasteiger partial charge in [0, 0.05) is 24.2 Å². The van der Waals surface area contributed by atoms with Gasteiger partial charge in [-0.15, -0.1) is 0 Å². The molecule has 1 fully saturated rings. The molecular weight excluding hydrogens is 408 g/mol. The molecule has 1 aliphatic rings. The van der Waals surface area contributed by atoms with Gasteiger partial charge in [0.15, 0.2) is 6.29 Å². The number of pyridine rings is 1. The minimum atomic E-state index is -1.05. The van der Waals surface area contributed by atoms with Crippen LogP contribution >= 0.6 is 11.8 Å². The Kier molecular flexibility index (Phi) is 7.29. The van der Waals surface area contributed by atoms with Gasteiger partial charge in [0.2, 0.25) is 0 Å². The van der Waals surface area contributed by atoms with E-state index in [9.17, 15) is 14.4 Å². The van der Waals surface area contributed by atoms with Crippen LogP contribution in [0.4, 0.5) is 0 Å². The minimum Gasteiger partial charge on any atom is -0.496 e. The Hall–Kier alpha value is -3.07. The standard InChI is InChI=1S/C21H22N2O6S/c1-28-18-5-2-6-19(16(18)11-24)29-12-14-13-30-9-8-23(14)21(27)15-4-3-7-22-17(15)10-20(25)26/h2-7,11,14H,8-10,12-13H2,1H3,(H,25,26). The second kappa shape index (κ2) is 10.1. The van der Waals surface area contributed by atoms with Gasteiger partial charge < -0.3 is 19.5 Å². The Labute approximate surface area is 178 Å². The lowest BCUT2D eigenvalue weighted by molar-refractivity contribution is -0.136. The molecule has 8 nitrogen and oxygen atoms in total. The van der Waals surface area contributed by atoms with E-state index in [2.05, 4.69) is 4.98 Å². The zero-order valence-electron chi connectivity index (χ0n) is 16.4. The van der Waals surface area contributed by atoms with Gasteiger partial charge in [-0.05, 0) is 24.3 Å². The molecule has 0 bridgehead atoms. The molecule has 0 aliphatic carbocycles. The number of benzene rings is 1. The highest BCUT2D eigenvalue weighted by molar-refractivity contribution is 7.99. The maximum absolute atomic E-state index is 13.2. The smallest absolute Gasteiger partial charge is 0.309 e. The van der Waals surface area contributed by atoms with Crippen molar-refractivity contribution >= 4 is 29.9 Å². The second-order valence-corrected chi connectivity index (χ2v) is 7.75. The number of amides is 1. The van der Waals surface area contributed by atoms with Crippen LogP contribution in [0, 0.1) is 0 Å². The van der Waals surface area contributed by atoms with Crippen LogP contribution in [-0.4, -0.2) is 71.0 Å². The van der Waals surface area contributed by atoms with Gasteiger partial charge in [0.05, 0.1) is 36.4 Å². The van der Waals surface area contributed by atoms with Crippen LogP contribution < -0.4 is 9.47 Å². The number of hydrogen-bond acceptors (Lipinski definition) is 7. The Morgan fingerprint density at radius 3 is 2.83 bits per heavy atom. The first-order valence-corrected chi connectivity index (χ1v) is 10.5. The predicted octanol–water partition coefficient (Wildman–Crippen LogP) is 2.17. The maximum Gasteiger partial charge on any atom is 0.309 e. The van der Waals surface area contributed by atoms with E-state index in [0.29, 0.717) is 35.6 Å². The molecule has 1 aromatic carbocycles. The van der Waals surface area contributed by atoms with Gasteiger partial charge in [-0.2, -0.15) is 11.8 Å². The highest BCUT2D eigenvalue weighted by Gasteiger charge is 2.30. The zero-order chi connectivity index (χ0) is 21.5. The van der Waals surface area contributed by atoms with Gasteiger partial charge in [0.1, 0.15) is 18.1 Å². The molecule has 1 unspecified atom stereocenters. The van der Waals surface area contributed by atoms with Crippen LogP contribution in [-0.2, 0) is 11.2 Å². The number of aliphatic carboxylic acids is 1. The number of nitrogens with zero attached hydrogens (tertiary/aromatic N) is 2. The highest BCUT2D eigenvalue weighted by atomic mass is 32.2. The number of carbonyl (C=O) groups is 3. The Morgan fingerprint density at radius 1 is 1.30 bits per heavy atom. The molecule has 1 amide bonds. The van der Waals surface area contributed by atoms with Crippen LogP contribution in [0.1, 0.15) is 26.4 Å². The molecule has 1 aliphatic heterocycles. The van der Waals surface area contributed by atoms with Crippen LogP contribution in [0.25, 0.3) is 0 Å². The molecule has 0 spiro atoms. The normalized spacial score (nSPS) is 16.0. The quantitative estimate of drug-likeness (QED) is 0.635. The first-order chi connectivity index (χ1) is 14.5. The molecule has 158 valence electrons. The Balaban J connectivity index is 1.79. The van der Waals surface area contributed by atoms with Crippen molar-refractivity contribution in [3.8, 4) is 11.5 Å². The number of aromatic nitrogens is 1. The van der Waals surface area contributed by atoms with E-state index in [-0.39, 0.29) is 36.2 Å². The van der Waals surface area contributed by atoms with Crippen molar-refractivity contribution in [1.82, 2.24) is 9.88 Å². The summed E-state index contributed by atoms with van der Waals surface area (Å²) in [5, 5.41) is 9.11. The molecule has 1 saturated heterocycles. The van der Waals surface area contributed by atoms with Crippen molar-refractivity contribution in [3.63, 3.8) is 0 Å². The largest absolute Gasteiger partial charge is 0.496 e. The number of thioether (sulfide) groups is 1. The van der Waals surface area contributed by atoms with Gasteiger partial charge >= 0.3 is 5.97 Å². The summed E-state index contributed by atoms with van der Waals surface area (Å²) in [6.07, 6.45) is 1.84. The van der Waals surface area contributed by atoms with Crippen molar-refractivity contribution < 1.29 is 29.0 Å². The van der Waals surface area contributed by atoms with Gasteiger partial charge in [-0.25, -0.2) is 0 Å². The van der Waals surface area contributed by atoms with Crippen LogP contribution in [0.3, 0.4) is 0 Å². The predicted molar refractivity (Wildman–Crippen MR) is 112 cm³/mol. The summed E-state index contributed by atoms with van der Waals surface area (Å²) in [5.74, 6) is 0.934. The monoisotopic (exact) mass is 430 g/mol. The molecule has 3 rings (SSSR count). The van der Waals surface area contributed by atoms with E-state index in [1.165, 1.54) is 13.3 Å². The molecule has 0 saturated carbocycles. The third kappa shape index (κ3) is 4.91. The lowest BCUT2D eigenvalue weighted by Gasteiger charge is -2.35. The van der Waals surface area contributed by atoms with E-state index in [0.717, 1.165) is 5.75 Å². The van der Waals surface area contributed by atoms with E-state index in [1.54, 1.807) is 47.0 Å². The summed E-state index contributed by atoms with van der Waals surface area (Å²) >= 11 is 1.71. The fourth-order valence-corrected chi connectivity index (χ4v) is 4.30. The SMILES string of the molecule is COc1cccc(OCC2CSCCN2C(=O)c2cccnc2CC(=O)O)c1C=O. The van der Waals surface area contributed by atoms with Crippen molar-refractivity contribution in [2.45, 2.75) is 12.5 Å². The number of carboxylic acids is 1. The number of rotatable bonds is 8. The summed E-state index contributed by atoms with van der Waals surface area (Å²) in [6.45, 7) is 0.707. The van der Waals surface area contributed by atoms with E-state index < -0.39 is 5.97 Å². The van der Waals surface area contributed by atoms with Crippen molar-refractivity contribution in [2.24, 2.45) is 0 Å². The first-order valence-electron chi connectivity index (χ1n) is 9.34. The third-order valence-corrected chi connectivity index (χ3v) is 5.81. The molecule has 1 aromatic heterocycles. The van der Waals surface area contributed by atoms with E-state index >= 15 is 0 Å². The van der Waals surface area contributed by atoms with Crippen LogP contribution in [0.5, 0.6) is 11.5 Å². The van der Waals surface area contributed by atoms with E-state index in [1.807, 2.05) is 0 Å². The minimum absolute atomic E-state index is 0.196. The van der Waals surface area contributed by atoms with Crippen LogP contribution in [0.15, 0.2) is 36.5 Å². The van der Waals surface area contributed by atoms with Crippen molar-refractivity contribution in [3.05, 3.63) is 53.3 Å². The lowest BCUT2D eigenvalue weighted by atomic mass is 10.1. The molecule has 2 aromatic rings. The number of carbonyl (C=O) groups excluding carboxylic acids is 2. The molecule has 1 N–H and O–H groups in total. The van der Waals surface area contributed by atoms with Gasteiger partial charge in [0.25, 0.3) is 5.91 Å². The molecule has 0 radical (unpaired) electrons. The first kappa shape index (κ1) is 21.6. The van der Waals surface area contributed by atoms with Crippen LogP contribution in [0.2, 0.25) is 0 Å². The number of aldehydes is 1. The summed E-state index contributed by atoms with van der Waals surface area (Å²) in [5.41, 5.74) is 0.841. The molecule has 30 heavy (non-hydrogen) atoms. The average molecular weight is 430 g/mol. The molecule has 1 atom stereocenters. The van der Waals surface area contributed by atoms with Gasteiger partial charge in [-0.3, -0.25) is 19.4 Å². The van der Waals surface area contributed by atoms with Gasteiger partial charge in [-0.1, -0.05) is 6.07 Å². The number of methoxy groups -OCH3 is 1. The summed E-state index contributed by atoms with van der Waals surface area (Å²) in [4.78, 5) is 41.6. The average Bonchev–Trinajstić information content (AvgIpc) is 2.77. The lowest BCUT2D eigenvalue weighted by Crippen LogP contribution is -2.49. The topological polar surface area (TPSA) is 106 Å². The third-order valence-electron chi connectivity index (χ3n) is 4.72.